The zero-order valence-corrected chi connectivity index (χ0v) is 10.7. The van der Waals surface area contributed by atoms with Gasteiger partial charge in [0.15, 0.2) is 0 Å². The van der Waals surface area contributed by atoms with Crippen LogP contribution in [0, 0.1) is 22.7 Å². The van der Waals surface area contributed by atoms with Crippen LogP contribution >= 0.6 is 0 Å². The number of hydrogen-bond donors (Lipinski definition) is 0. The molecule has 3 rings (SSSR count). The van der Waals surface area contributed by atoms with E-state index in [4.69, 9.17) is 0 Å². The summed E-state index contributed by atoms with van der Waals surface area (Å²) in [6.07, 6.45) is 7.27. The van der Waals surface area contributed by atoms with Crippen molar-refractivity contribution in [2.24, 2.45) is 22.7 Å². The van der Waals surface area contributed by atoms with E-state index >= 15 is 0 Å². The Morgan fingerprint density at radius 2 is 1.93 bits per heavy atom. The Morgan fingerprint density at radius 3 is 2.60 bits per heavy atom. The van der Waals surface area contributed by atoms with Crippen molar-refractivity contribution in [2.75, 3.05) is 0 Å². The second-order valence-corrected chi connectivity index (χ2v) is 7.05. The van der Waals surface area contributed by atoms with E-state index in [9.17, 15) is 0 Å². The van der Waals surface area contributed by atoms with Crippen LogP contribution in [-0.2, 0) is 0 Å². The highest BCUT2D eigenvalue weighted by Gasteiger charge is 2.59. The molecule has 0 nitrogen and oxygen atoms in total. The van der Waals surface area contributed by atoms with E-state index in [2.05, 4.69) is 27.7 Å². The highest BCUT2D eigenvalue weighted by Crippen LogP contribution is 2.70. The lowest BCUT2D eigenvalue weighted by atomic mass is 9.66. The molecular formula is C15H24. The van der Waals surface area contributed by atoms with Crippen molar-refractivity contribution in [3.63, 3.8) is 0 Å². The second-order valence-electron chi connectivity index (χ2n) is 7.05. The molecule has 0 radical (unpaired) electrons. The van der Waals surface area contributed by atoms with Crippen LogP contribution in [0.25, 0.3) is 0 Å². The summed E-state index contributed by atoms with van der Waals surface area (Å²) >= 11 is 0. The number of rotatable bonds is 0. The van der Waals surface area contributed by atoms with Crippen molar-refractivity contribution < 1.29 is 0 Å². The van der Waals surface area contributed by atoms with Crippen molar-refractivity contribution in [1.82, 2.24) is 0 Å². The van der Waals surface area contributed by atoms with Gasteiger partial charge < -0.3 is 0 Å². The molecule has 2 fully saturated rings. The van der Waals surface area contributed by atoms with Crippen LogP contribution in [0.5, 0.6) is 0 Å². The molecule has 3 aliphatic rings. The average Bonchev–Trinajstić information content (AvgIpc) is 2.54. The largest absolute Gasteiger partial charge is 0.0732 e. The van der Waals surface area contributed by atoms with E-state index in [1.54, 1.807) is 5.57 Å². The third-order valence-corrected chi connectivity index (χ3v) is 5.84. The standard InChI is InChI=1S/C15H24/c1-10-7-8-15-9-14(3,4)12(13(10)15)6-5-11(15)2/h11-12H,5-9H2,1-4H3. The van der Waals surface area contributed by atoms with Crippen LogP contribution in [0.1, 0.15) is 59.8 Å². The fourth-order valence-corrected chi connectivity index (χ4v) is 5.17. The number of allylic oxidation sites excluding steroid dienone is 2. The Hall–Kier alpha value is -0.260. The maximum Gasteiger partial charge on any atom is -0.00486 e. The molecule has 84 valence electrons. The van der Waals surface area contributed by atoms with Gasteiger partial charge in [0.25, 0.3) is 0 Å². The molecule has 0 aromatic rings. The molecule has 0 aromatic carbocycles. The van der Waals surface area contributed by atoms with Gasteiger partial charge in [-0.25, -0.2) is 0 Å². The molecule has 2 saturated carbocycles. The van der Waals surface area contributed by atoms with Crippen LogP contribution < -0.4 is 0 Å². The maximum atomic E-state index is 2.51. The lowest BCUT2D eigenvalue weighted by Crippen LogP contribution is -2.29. The predicted molar refractivity (Wildman–Crippen MR) is 64.7 cm³/mol. The fraction of sp³-hybridized carbons (Fsp3) is 0.867. The fourth-order valence-electron chi connectivity index (χ4n) is 5.17. The molecule has 0 N–H and O–H groups in total. The summed E-state index contributed by atoms with van der Waals surface area (Å²) in [4.78, 5) is 0. The van der Waals surface area contributed by atoms with Crippen molar-refractivity contribution in [3.05, 3.63) is 11.1 Å². The van der Waals surface area contributed by atoms with E-state index in [1.165, 1.54) is 32.1 Å². The Morgan fingerprint density at radius 1 is 1.20 bits per heavy atom. The first-order chi connectivity index (χ1) is 6.97. The summed E-state index contributed by atoms with van der Waals surface area (Å²) in [5.41, 5.74) is 4.92. The van der Waals surface area contributed by atoms with E-state index in [1.807, 2.05) is 5.57 Å². The SMILES string of the molecule is CC1=C2C3CCC(C)C2(CC1)CC3(C)C. The quantitative estimate of drug-likeness (QED) is 0.507. The Bertz CT molecular complexity index is 334. The molecule has 0 saturated heterocycles. The monoisotopic (exact) mass is 204 g/mol. The maximum absolute atomic E-state index is 2.51. The summed E-state index contributed by atoms with van der Waals surface area (Å²) in [6.45, 7) is 9.94. The van der Waals surface area contributed by atoms with E-state index in [-0.39, 0.29) is 0 Å². The van der Waals surface area contributed by atoms with Gasteiger partial charge in [-0.05, 0) is 61.7 Å². The first kappa shape index (κ1) is 9.93. The molecule has 3 aliphatic carbocycles. The minimum absolute atomic E-state index is 0.585. The third kappa shape index (κ3) is 1.04. The Balaban J connectivity index is 2.17. The van der Waals surface area contributed by atoms with Gasteiger partial charge in [0, 0.05) is 0 Å². The van der Waals surface area contributed by atoms with Crippen LogP contribution in [0.3, 0.4) is 0 Å². The lowest BCUT2D eigenvalue weighted by Gasteiger charge is -2.39. The normalized spacial score (nSPS) is 47.2. The summed E-state index contributed by atoms with van der Waals surface area (Å²) < 4.78 is 0. The van der Waals surface area contributed by atoms with Crippen molar-refractivity contribution in [1.29, 1.82) is 0 Å². The molecule has 0 aromatic heterocycles. The Kier molecular flexibility index (Phi) is 1.79. The molecule has 3 atom stereocenters. The third-order valence-electron chi connectivity index (χ3n) is 5.84. The average molecular weight is 204 g/mol. The molecule has 0 heteroatoms. The first-order valence-corrected chi connectivity index (χ1v) is 6.67. The van der Waals surface area contributed by atoms with Gasteiger partial charge in [-0.2, -0.15) is 0 Å². The molecule has 0 aliphatic heterocycles. The molecular weight excluding hydrogens is 180 g/mol. The minimum Gasteiger partial charge on any atom is -0.0732 e. The van der Waals surface area contributed by atoms with Gasteiger partial charge in [0.1, 0.15) is 0 Å². The summed E-state index contributed by atoms with van der Waals surface area (Å²) in [5.74, 6) is 1.87. The van der Waals surface area contributed by atoms with Crippen LogP contribution in [0.2, 0.25) is 0 Å². The van der Waals surface area contributed by atoms with Crippen LogP contribution in [-0.4, -0.2) is 0 Å². The van der Waals surface area contributed by atoms with Crippen molar-refractivity contribution >= 4 is 0 Å². The van der Waals surface area contributed by atoms with Gasteiger partial charge >= 0.3 is 0 Å². The van der Waals surface area contributed by atoms with Gasteiger partial charge in [-0.3, -0.25) is 0 Å². The van der Waals surface area contributed by atoms with Gasteiger partial charge in [-0.1, -0.05) is 31.9 Å². The van der Waals surface area contributed by atoms with E-state index < -0.39 is 0 Å². The van der Waals surface area contributed by atoms with Gasteiger partial charge in [0.05, 0.1) is 0 Å². The molecule has 0 heterocycles. The molecule has 2 bridgehead atoms. The van der Waals surface area contributed by atoms with Crippen molar-refractivity contribution in [2.45, 2.75) is 59.8 Å². The summed E-state index contributed by atoms with van der Waals surface area (Å²) in [7, 11) is 0. The first-order valence-electron chi connectivity index (χ1n) is 6.67. The highest BCUT2D eigenvalue weighted by molar-refractivity contribution is 5.38. The predicted octanol–water partition coefficient (Wildman–Crippen LogP) is 4.56. The topological polar surface area (TPSA) is 0 Å². The van der Waals surface area contributed by atoms with Gasteiger partial charge in [-0.15, -0.1) is 0 Å². The lowest BCUT2D eigenvalue weighted by molar-refractivity contribution is 0.190. The second kappa shape index (κ2) is 2.70. The highest BCUT2D eigenvalue weighted by atomic mass is 14.6. The zero-order chi connectivity index (χ0) is 10.8. The zero-order valence-electron chi connectivity index (χ0n) is 10.7. The van der Waals surface area contributed by atoms with Gasteiger partial charge in [0.2, 0.25) is 0 Å². The van der Waals surface area contributed by atoms with Crippen molar-refractivity contribution in [3.8, 4) is 0 Å². The molecule has 3 unspecified atom stereocenters. The minimum atomic E-state index is 0.585. The van der Waals surface area contributed by atoms with Crippen LogP contribution in [0.15, 0.2) is 11.1 Å². The van der Waals surface area contributed by atoms with Crippen LogP contribution in [0.4, 0.5) is 0 Å². The molecule has 0 amide bonds. The molecule has 15 heavy (non-hydrogen) atoms. The van der Waals surface area contributed by atoms with E-state index in [0.29, 0.717) is 10.8 Å². The smallest absolute Gasteiger partial charge is 0.00486 e. The summed E-state index contributed by atoms with van der Waals surface area (Å²) in [6, 6.07) is 0. The Labute approximate surface area is 94.1 Å². The van der Waals surface area contributed by atoms with E-state index in [0.717, 1.165) is 11.8 Å². The molecule has 0 spiro atoms. The number of hydrogen-bond acceptors (Lipinski definition) is 0. The summed E-state index contributed by atoms with van der Waals surface area (Å²) in [5, 5.41) is 0.